The quantitative estimate of drug-likeness (QED) is 0.358. The van der Waals surface area contributed by atoms with E-state index in [4.69, 9.17) is 4.43 Å². The van der Waals surface area contributed by atoms with E-state index in [2.05, 4.69) is 71.3 Å². The predicted octanol–water partition coefficient (Wildman–Crippen LogP) is 7.62. The maximum absolute atomic E-state index is 9.45. The maximum Gasteiger partial charge on any atom is 0.192 e. The molecule has 0 bridgehead atoms. The van der Waals surface area contributed by atoms with Gasteiger partial charge in [0.2, 0.25) is 0 Å². The van der Waals surface area contributed by atoms with Gasteiger partial charge in [-0.1, -0.05) is 93.6 Å². The van der Waals surface area contributed by atoms with Gasteiger partial charge in [-0.25, -0.2) is 0 Å². The molecule has 2 aromatic rings. The fraction of sp³-hybridized carbons (Fsp3) is 0.385. The minimum atomic E-state index is -1.74. The molecule has 2 unspecified atom stereocenters. The summed E-state index contributed by atoms with van der Waals surface area (Å²) in [5.74, 6) is 0. The van der Waals surface area contributed by atoms with E-state index in [0.717, 1.165) is 12.0 Å². The second kappa shape index (κ2) is 11.9. The zero-order valence-electron chi connectivity index (χ0n) is 18.8. The molecular weight excluding hydrogens is 372 g/mol. The highest BCUT2D eigenvalue weighted by Crippen LogP contribution is 2.40. The molecule has 0 aromatic heterocycles. The molecule has 3 heteroatoms. The van der Waals surface area contributed by atoms with Crippen molar-refractivity contribution >= 4 is 8.32 Å². The Morgan fingerprint density at radius 3 is 1.72 bits per heavy atom. The predicted molar refractivity (Wildman–Crippen MR) is 128 cm³/mol. The molecule has 0 aliphatic heterocycles. The third kappa shape index (κ3) is 8.53. The van der Waals surface area contributed by atoms with Crippen LogP contribution in [0.4, 0.5) is 0 Å². The molecule has 0 aliphatic rings. The second-order valence-electron chi connectivity index (χ2n) is 8.75. The summed E-state index contributed by atoms with van der Waals surface area (Å²) >= 11 is 0. The van der Waals surface area contributed by atoms with E-state index in [1.54, 1.807) is 6.08 Å². The van der Waals surface area contributed by atoms with Gasteiger partial charge >= 0.3 is 0 Å². The molecule has 0 aliphatic carbocycles. The van der Waals surface area contributed by atoms with Crippen LogP contribution in [0.1, 0.15) is 56.9 Å². The molecule has 0 amide bonds. The molecule has 0 saturated carbocycles. The minimum Gasteiger partial charge on any atom is -0.410 e. The van der Waals surface area contributed by atoms with Crippen molar-refractivity contribution in [1.29, 1.82) is 0 Å². The Morgan fingerprint density at radius 2 is 1.31 bits per heavy atom. The fourth-order valence-electron chi connectivity index (χ4n) is 2.57. The molecule has 2 rings (SSSR count). The third-order valence-corrected chi connectivity index (χ3v) is 9.86. The lowest BCUT2D eigenvalue weighted by Crippen LogP contribution is -2.41. The molecule has 1 N–H and O–H groups in total. The van der Waals surface area contributed by atoms with Gasteiger partial charge in [-0.15, -0.1) is 13.2 Å². The minimum absolute atomic E-state index is 0.143. The number of hydrogen-bond donors (Lipinski definition) is 1. The van der Waals surface area contributed by atoms with Gasteiger partial charge in [0.1, 0.15) is 0 Å². The molecule has 2 aromatic carbocycles. The van der Waals surface area contributed by atoms with E-state index < -0.39 is 14.4 Å². The molecule has 0 radical (unpaired) electrons. The van der Waals surface area contributed by atoms with Gasteiger partial charge in [0, 0.05) is 0 Å². The zero-order chi connectivity index (χ0) is 21.9. The molecule has 29 heavy (non-hydrogen) atoms. The summed E-state index contributed by atoms with van der Waals surface area (Å²) < 4.78 is 6.50. The van der Waals surface area contributed by atoms with Gasteiger partial charge in [0.15, 0.2) is 8.32 Å². The Hall–Kier alpha value is -1.94. The average Bonchev–Trinajstić information content (AvgIpc) is 2.69. The average molecular weight is 411 g/mol. The Bertz CT molecular complexity index is 717. The van der Waals surface area contributed by atoms with Crippen LogP contribution in [0.2, 0.25) is 18.1 Å². The van der Waals surface area contributed by atoms with Crippen LogP contribution in [0.15, 0.2) is 86.0 Å². The summed E-state index contributed by atoms with van der Waals surface area (Å²) in [7, 11) is -1.74. The van der Waals surface area contributed by atoms with Crippen molar-refractivity contribution in [2.45, 2.75) is 64.0 Å². The standard InChI is InChI=1S/C16H26OSi.C10H12O/c1-7-11-15(14-12-9-8-10-13-14)17-18(5,6)16(2,3)4;1-2-6-10(11)9-7-4-3-5-8-9/h7-10,12-13,15H,1,11H2,2-6H3;2-5,7-8,10-11H,1,6H2. The van der Waals surface area contributed by atoms with Crippen LogP contribution in [0, 0.1) is 0 Å². The van der Waals surface area contributed by atoms with Crippen LogP contribution >= 0.6 is 0 Å². The fourth-order valence-corrected chi connectivity index (χ4v) is 3.87. The van der Waals surface area contributed by atoms with Crippen molar-refractivity contribution in [2.24, 2.45) is 0 Å². The topological polar surface area (TPSA) is 29.5 Å². The van der Waals surface area contributed by atoms with Gasteiger partial charge in [0.25, 0.3) is 0 Å². The van der Waals surface area contributed by atoms with Crippen molar-refractivity contribution < 1.29 is 9.53 Å². The Balaban J connectivity index is 0.000000326. The molecule has 0 fully saturated rings. The maximum atomic E-state index is 9.45. The monoisotopic (exact) mass is 410 g/mol. The van der Waals surface area contributed by atoms with Gasteiger partial charge in [-0.3, -0.25) is 0 Å². The lowest BCUT2D eigenvalue weighted by atomic mass is 10.1. The largest absolute Gasteiger partial charge is 0.410 e. The molecule has 2 atom stereocenters. The lowest BCUT2D eigenvalue weighted by Gasteiger charge is -2.39. The van der Waals surface area contributed by atoms with Crippen LogP contribution in [0.5, 0.6) is 0 Å². The molecular formula is C26H38O2Si. The highest BCUT2D eigenvalue weighted by molar-refractivity contribution is 6.74. The Labute approximate surface area is 179 Å². The van der Waals surface area contributed by atoms with E-state index in [1.807, 2.05) is 42.5 Å². The van der Waals surface area contributed by atoms with Crippen molar-refractivity contribution in [2.75, 3.05) is 0 Å². The van der Waals surface area contributed by atoms with Crippen LogP contribution in [-0.2, 0) is 4.43 Å². The summed E-state index contributed by atoms with van der Waals surface area (Å²) in [4.78, 5) is 0. The highest BCUT2D eigenvalue weighted by atomic mass is 28.4. The zero-order valence-corrected chi connectivity index (χ0v) is 19.8. The van der Waals surface area contributed by atoms with Crippen molar-refractivity contribution in [1.82, 2.24) is 0 Å². The SMILES string of the molecule is C=CCC(O)c1ccccc1.C=CCC(O[Si](C)(C)C(C)(C)C)c1ccccc1. The summed E-state index contributed by atoms with van der Waals surface area (Å²) in [6, 6.07) is 20.1. The molecule has 0 heterocycles. The van der Waals surface area contributed by atoms with Crippen LogP contribution < -0.4 is 0 Å². The van der Waals surface area contributed by atoms with Gasteiger partial charge in [-0.05, 0) is 42.1 Å². The first-order chi connectivity index (χ1) is 13.6. The number of aliphatic hydroxyl groups is 1. The number of aliphatic hydroxyl groups excluding tert-OH is 1. The van der Waals surface area contributed by atoms with Crippen molar-refractivity contribution in [3.63, 3.8) is 0 Å². The van der Waals surface area contributed by atoms with E-state index in [1.165, 1.54) is 5.56 Å². The van der Waals surface area contributed by atoms with E-state index in [0.29, 0.717) is 6.42 Å². The lowest BCUT2D eigenvalue weighted by molar-refractivity contribution is 0.181. The number of rotatable bonds is 8. The molecule has 158 valence electrons. The van der Waals surface area contributed by atoms with Crippen molar-refractivity contribution in [3.8, 4) is 0 Å². The second-order valence-corrected chi connectivity index (χ2v) is 13.5. The highest BCUT2D eigenvalue weighted by Gasteiger charge is 2.39. The number of benzene rings is 2. The van der Waals surface area contributed by atoms with Crippen molar-refractivity contribution in [3.05, 3.63) is 97.1 Å². The first kappa shape index (κ1) is 25.1. The van der Waals surface area contributed by atoms with E-state index in [9.17, 15) is 5.11 Å². The van der Waals surface area contributed by atoms with Crippen LogP contribution in [0.25, 0.3) is 0 Å². The van der Waals surface area contributed by atoms with Gasteiger partial charge in [0.05, 0.1) is 12.2 Å². The van der Waals surface area contributed by atoms with Crippen LogP contribution in [-0.4, -0.2) is 13.4 Å². The summed E-state index contributed by atoms with van der Waals surface area (Å²) in [6.07, 6.45) is 4.90. The van der Waals surface area contributed by atoms with Gasteiger partial charge in [-0.2, -0.15) is 0 Å². The molecule has 0 spiro atoms. The third-order valence-electron chi connectivity index (χ3n) is 5.37. The smallest absolute Gasteiger partial charge is 0.192 e. The normalized spacial score (nSPS) is 13.6. The Morgan fingerprint density at radius 1 is 0.862 bits per heavy atom. The Kier molecular flexibility index (Phi) is 10.3. The van der Waals surface area contributed by atoms with Crippen LogP contribution in [0.3, 0.4) is 0 Å². The number of hydrogen-bond acceptors (Lipinski definition) is 2. The molecule has 2 nitrogen and oxygen atoms in total. The van der Waals surface area contributed by atoms with E-state index in [-0.39, 0.29) is 11.1 Å². The summed E-state index contributed by atoms with van der Waals surface area (Å²) in [5.41, 5.74) is 2.20. The van der Waals surface area contributed by atoms with E-state index >= 15 is 0 Å². The first-order valence-corrected chi connectivity index (χ1v) is 13.2. The first-order valence-electron chi connectivity index (χ1n) is 10.3. The molecule has 0 saturated heterocycles. The summed E-state index contributed by atoms with van der Waals surface area (Å²) in [5, 5.41) is 9.69. The van der Waals surface area contributed by atoms with Gasteiger partial charge < -0.3 is 9.53 Å². The summed E-state index contributed by atoms with van der Waals surface area (Å²) in [6.45, 7) is 18.8.